The first-order chi connectivity index (χ1) is 12.3. The Labute approximate surface area is 155 Å². The van der Waals surface area contributed by atoms with E-state index in [9.17, 15) is 17.6 Å². The van der Waals surface area contributed by atoms with Gasteiger partial charge in [0.05, 0.1) is 0 Å². The van der Waals surface area contributed by atoms with Gasteiger partial charge in [-0.15, -0.1) is 10.2 Å². The minimum Gasteiger partial charge on any atom is -0.296 e. The lowest BCUT2D eigenvalue weighted by atomic mass is 10.2. The molecule has 1 aromatic heterocycles. The number of amides is 1. The van der Waals surface area contributed by atoms with Gasteiger partial charge in [0.1, 0.15) is 15.7 Å². The number of rotatable bonds is 5. The molecule has 0 unspecified atom stereocenters. The first-order valence-electron chi connectivity index (χ1n) is 8.23. The number of nitrogens with zero attached hydrogens (tertiary/aromatic N) is 3. The zero-order chi connectivity index (χ0) is 18.9. The Balaban J connectivity index is 1.85. The molecular formula is C16H19FN4O3S2. The third-order valence-corrected chi connectivity index (χ3v) is 7.08. The summed E-state index contributed by atoms with van der Waals surface area (Å²) < 4.78 is 40.6. The second-order valence-corrected chi connectivity index (χ2v) is 9.23. The first-order valence-corrected chi connectivity index (χ1v) is 10.5. The molecule has 0 spiro atoms. The summed E-state index contributed by atoms with van der Waals surface area (Å²) in [6.45, 7) is 4.64. The van der Waals surface area contributed by atoms with Gasteiger partial charge in [-0.2, -0.15) is 4.31 Å². The fourth-order valence-electron chi connectivity index (χ4n) is 2.60. The summed E-state index contributed by atoms with van der Waals surface area (Å²) in [6, 6.07) is 3.32. The highest BCUT2D eigenvalue weighted by Gasteiger charge is 2.30. The highest BCUT2D eigenvalue weighted by atomic mass is 32.2. The predicted octanol–water partition coefficient (Wildman–Crippen LogP) is 2.84. The van der Waals surface area contributed by atoms with Crippen LogP contribution in [0.1, 0.15) is 48.0 Å². The van der Waals surface area contributed by atoms with Crippen molar-refractivity contribution in [2.24, 2.45) is 0 Å². The largest absolute Gasteiger partial charge is 0.296 e. The lowest BCUT2D eigenvalue weighted by Gasteiger charge is -2.16. The number of anilines is 1. The molecule has 0 bridgehead atoms. The van der Waals surface area contributed by atoms with Gasteiger partial charge in [-0.25, -0.2) is 12.8 Å². The van der Waals surface area contributed by atoms with E-state index >= 15 is 0 Å². The lowest BCUT2D eigenvalue weighted by molar-refractivity contribution is 0.102. The fourth-order valence-corrected chi connectivity index (χ4v) is 4.95. The number of carbonyl (C=O) groups is 1. The molecule has 2 heterocycles. The summed E-state index contributed by atoms with van der Waals surface area (Å²) in [5.41, 5.74) is 0.0467. The molecule has 7 nitrogen and oxygen atoms in total. The highest BCUT2D eigenvalue weighted by molar-refractivity contribution is 7.89. The van der Waals surface area contributed by atoms with Crippen molar-refractivity contribution in [3.8, 4) is 0 Å². The smallest absolute Gasteiger partial charge is 0.257 e. The number of benzene rings is 1. The minimum atomic E-state index is -3.95. The number of carbonyl (C=O) groups excluding carboxylic acids is 1. The Kier molecular flexibility index (Phi) is 5.35. The second-order valence-electron chi connectivity index (χ2n) is 6.31. The zero-order valence-electron chi connectivity index (χ0n) is 14.4. The second kappa shape index (κ2) is 7.37. The van der Waals surface area contributed by atoms with Crippen LogP contribution < -0.4 is 5.32 Å². The Morgan fingerprint density at radius 3 is 2.58 bits per heavy atom. The Morgan fingerprint density at radius 1 is 1.27 bits per heavy atom. The van der Waals surface area contributed by atoms with Crippen LogP contribution in [0.2, 0.25) is 0 Å². The molecule has 1 aliphatic heterocycles. The highest BCUT2D eigenvalue weighted by Crippen LogP contribution is 2.26. The maximum Gasteiger partial charge on any atom is 0.257 e. The molecule has 0 radical (unpaired) electrons. The van der Waals surface area contributed by atoms with Crippen LogP contribution in [-0.2, 0) is 10.0 Å². The van der Waals surface area contributed by atoms with Crippen LogP contribution in [0.25, 0.3) is 0 Å². The van der Waals surface area contributed by atoms with Crippen LogP contribution in [0.4, 0.5) is 9.52 Å². The van der Waals surface area contributed by atoms with Crippen molar-refractivity contribution in [2.45, 2.75) is 37.5 Å². The van der Waals surface area contributed by atoms with E-state index in [2.05, 4.69) is 15.5 Å². The third-order valence-electron chi connectivity index (χ3n) is 4.03. The van der Waals surface area contributed by atoms with Crippen molar-refractivity contribution in [3.63, 3.8) is 0 Å². The van der Waals surface area contributed by atoms with Crippen molar-refractivity contribution in [1.29, 1.82) is 0 Å². The van der Waals surface area contributed by atoms with Crippen molar-refractivity contribution in [1.82, 2.24) is 14.5 Å². The SMILES string of the molecule is CC(C)c1nnc(NC(=O)c2ccc(F)c(S(=O)(=O)N3CCCC3)c2)s1. The molecule has 10 heteroatoms. The molecule has 0 saturated carbocycles. The van der Waals surface area contributed by atoms with Gasteiger partial charge in [0.25, 0.3) is 5.91 Å². The predicted molar refractivity (Wildman–Crippen MR) is 96.3 cm³/mol. The number of nitrogens with one attached hydrogen (secondary N) is 1. The maximum absolute atomic E-state index is 14.1. The average Bonchev–Trinajstić information content (AvgIpc) is 3.27. The number of halogens is 1. The van der Waals surface area contributed by atoms with E-state index < -0.39 is 26.6 Å². The summed E-state index contributed by atoms with van der Waals surface area (Å²) in [5.74, 6) is -1.25. The molecule has 140 valence electrons. The summed E-state index contributed by atoms with van der Waals surface area (Å²) in [7, 11) is -3.95. The number of sulfonamides is 1. The molecule has 3 rings (SSSR count). The van der Waals surface area contributed by atoms with Crippen LogP contribution in [0.5, 0.6) is 0 Å². The number of hydrogen-bond acceptors (Lipinski definition) is 6. The van der Waals surface area contributed by atoms with E-state index in [1.807, 2.05) is 13.8 Å². The molecule has 1 saturated heterocycles. The van der Waals surface area contributed by atoms with Crippen LogP contribution in [0, 0.1) is 5.82 Å². The van der Waals surface area contributed by atoms with Gasteiger partial charge in [0.15, 0.2) is 0 Å². The van der Waals surface area contributed by atoms with Crippen LogP contribution in [0.15, 0.2) is 23.1 Å². The van der Waals surface area contributed by atoms with E-state index in [-0.39, 0.29) is 11.5 Å². The third kappa shape index (κ3) is 3.76. The lowest BCUT2D eigenvalue weighted by Crippen LogP contribution is -2.29. The van der Waals surface area contributed by atoms with Crippen LogP contribution in [0.3, 0.4) is 0 Å². The molecule has 1 amide bonds. The van der Waals surface area contributed by atoms with Gasteiger partial charge >= 0.3 is 0 Å². The molecule has 1 N–H and O–H groups in total. The van der Waals surface area contributed by atoms with Crippen molar-refractivity contribution < 1.29 is 17.6 Å². The maximum atomic E-state index is 14.1. The average molecular weight is 398 g/mol. The topological polar surface area (TPSA) is 92.3 Å². The molecule has 2 aromatic rings. The number of hydrogen-bond donors (Lipinski definition) is 1. The standard InChI is InChI=1S/C16H19FN4O3S2/c1-10(2)15-19-20-16(25-15)18-14(22)11-5-6-12(17)13(9-11)26(23,24)21-7-3-4-8-21/h5-6,9-10H,3-4,7-8H2,1-2H3,(H,18,20,22). The van der Waals surface area contributed by atoms with Crippen molar-refractivity contribution >= 4 is 32.4 Å². The monoisotopic (exact) mass is 398 g/mol. The molecular weight excluding hydrogens is 379 g/mol. The zero-order valence-corrected chi connectivity index (χ0v) is 16.0. The van der Waals surface area contributed by atoms with Gasteiger partial charge in [-0.3, -0.25) is 10.1 Å². The normalized spacial score (nSPS) is 15.5. The molecule has 1 fully saturated rings. The van der Waals surface area contributed by atoms with Crippen molar-refractivity contribution in [3.05, 3.63) is 34.6 Å². The minimum absolute atomic E-state index is 0.0467. The van der Waals surface area contributed by atoms with E-state index in [1.54, 1.807) is 0 Å². The van der Waals surface area contributed by atoms with Gasteiger partial charge in [-0.1, -0.05) is 25.2 Å². The van der Waals surface area contributed by atoms with E-state index in [0.29, 0.717) is 18.2 Å². The molecule has 0 aliphatic carbocycles. The molecule has 26 heavy (non-hydrogen) atoms. The van der Waals surface area contributed by atoms with Gasteiger partial charge < -0.3 is 0 Å². The quantitative estimate of drug-likeness (QED) is 0.836. The van der Waals surface area contributed by atoms with Crippen LogP contribution in [-0.4, -0.2) is 41.9 Å². The van der Waals surface area contributed by atoms with Crippen molar-refractivity contribution in [2.75, 3.05) is 18.4 Å². The van der Waals surface area contributed by atoms with Gasteiger partial charge in [-0.05, 0) is 31.0 Å². The van der Waals surface area contributed by atoms with E-state index in [4.69, 9.17) is 0 Å². The summed E-state index contributed by atoms with van der Waals surface area (Å²) in [5, 5.41) is 11.5. The fraction of sp³-hybridized carbons (Fsp3) is 0.438. The summed E-state index contributed by atoms with van der Waals surface area (Å²) >= 11 is 1.24. The Morgan fingerprint density at radius 2 is 1.96 bits per heavy atom. The van der Waals surface area contributed by atoms with E-state index in [1.165, 1.54) is 21.7 Å². The summed E-state index contributed by atoms with van der Waals surface area (Å²) in [6.07, 6.45) is 1.49. The number of aromatic nitrogens is 2. The van der Waals surface area contributed by atoms with Crippen LogP contribution >= 0.6 is 11.3 Å². The first kappa shape index (κ1) is 18.9. The Hall–Kier alpha value is -1.91. The van der Waals surface area contributed by atoms with Gasteiger partial charge in [0.2, 0.25) is 15.2 Å². The molecule has 1 aromatic carbocycles. The molecule has 0 atom stereocenters. The van der Waals surface area contributed by atoms with E-state index in [0.717, 1.165) is 30.0 Å². The molecule has 1 aliphatic rings. The Bertz CT molecular complexity index is 921. The van der Waals surface area contributed by atoms with Gasteiger partial charge in [0, 0.05) is 24.6 Å². The summed E-state index contributed by atoms with van der Waals surface area (Å²) in [4.78, 5) is 11.9.